The van der Waals surface area contributed by atoms with Gasteiger partial charge in [-0.2, -0.15) is 0 Å². The minimum absolute atomic E-state index is 0.00424. The zero-order chi connectivity index (χ0) is 15.5. The van der Waals surface area contributed by atoms with Crippen molar-refractivity contribution in [3.8, 4) is 0 Å². The van der Waals surface area contributed by atoms with Crippen molar-refractivity contribution in [3.63, 3.8) is 0 Å². The molecule has 3 aliphatic heterocycles. The first-order chi connectivity index (χ1) is 10.6. The molecule has 126 valence electrons. The molecule has 6 nitrogen and oxygen atoms in total. The van der Waals surface area contributed by atoms with Crippen molar-refractivity contribution in [2.24, 2.45) is 5.92 Å². The molecule has 0 unspecified atom stereocenters. The van der Waals surface area contributed by atoms with E-state index < -0.39 is 0 Å². The Kier molecular flexibility index (Phi) is 5.21. The number of nitrogens with one attached hydrogen (secondary N) is 1. The Hall–Kier alpha value is -0.850. The first-order valence-corrected chi connectivity index (χ1v) is 8.77. The molecular formula is C16H30N4O2. The van der Waals surface area contributed by atoms with E-state index in [4.69, 9.17) is 0 Å². The number of carbonyl (C=O) groups excluding carboxylic acids is 1. The number of amides is 2. The van der Waals surface area contributed by atoms with E-state index in [1.165, 1.54) is 19.5 Å². The Bertz CT molecular complexity index is 384. The van der Waals surface area contributed by atoms with E-state index in [1.807, 2.05) is 7.05 Å². The first kappa shape index (κ1) is 16.0. The first-order valence-electron chi connectivity index (χ1n) is 8.77. The van der Waals surface area contributed by atoms with E-state index in [-0.39, 0.29) is 18.1 Å². The molecule has 1 saturated carbocycles. The van der Waals surface area contributed by atoms with Crippen LogP contribution in [-0.4, -0.2) is 90.8 Å². The Morgan fingerprint density at radius 2 is 1.95 bits per heavy atom. The molecule has 0 spiro atoms. The van der Waals surface area contributed by atoms with Crippen LogP contribution in [0.25, 0.3) is 0 Å². The van der Waals surface area contributed by atoms with Crippen LogP contribution < -0.4 is 5.32 Å². The minimum atomic E-state index is -0.239. The molecule has 2 bridgehead atoms. The quantitative estimate of drug-likeness (QED) is 0.778. The third-order valence-electron chi connectivity index (χ3n) is 5.61. The Morgan fingerprint density at radius 1 is 1.23 bits per heavy atom. The van der Waals surface area contributed by atoms with Crippen LogP contribution in [0.1, 0.15) is 25.7 Å². The zero-order valence-corrected chi connectivity index (χ0v) is 13.7. The molecule has 0 radical (unpaired) electrons. The van der Waals surface area contributed by atoms with Crippen molar-refractivity contribution >= 4 is 6.03 Å². The van der Waals surface area contributed by atoms with Gasteiger partial charge in [0.2, 0.25) is 0 Å². The molecule has 2 amide bonds. The number of urea groups is 1. The molecule has 2 N–H and O–H groups in total. The number of rotatable bonds is 4. The second-order valence-electron chi connectivity index (χ2n) is 7.17. The fourth-order valence-corrected chi connectivity index (χ4v) is 4.09. The van der Waals surface area contributed by atoms with Gasteiger partial charge in [-0.15, -0.1) is 0 Å². The maximum atomic E-state index is 12.3. The van der Waals surface area contributed by atoms with E-state index in [2.05, 4.69) is 15.1 Å². The van der Waals surface area contributed by atoms with Gasteiger partial charge in [0, 0.05) is 64.8 Å². The fourth-order valence-electron chi connectivity index (χ4n) is 4.09. The average Bonchev–Trinajstić information content (AvgIpc) is 2.55. The molecule has 0 aromatic rings. The lowest BCUT2D eigenvalue weighted by Gasteiger charge is -2.47. The SMILES string of the molecule is CN(C[C@@H]1CCCC[C@@H]1O)C(=O)NC[C@@H]1CN2CCN1CC2. The summed E-state index contributed by atoms with van der Waals surface area (Å²) in [6, 6.07) is 0.454. The monoisotopic (exact) mass is 310 g/mol. The Morgan fingerprint density at radius 3 is 2.59 bits per heavy atom. The maximum absolute atomic E-state index is 12.3. The van der Waals surface area contributed by atoms with Gasteiger partial charge >= 0.3 is 6.03 Å². The fraction of sp³-hybridized carbons (Fsp3) is 0.938. The molecule has 0 aromatic carbocycles. The van der Waals surface area contributed by atoms with Gasteiger partial charge in [0.05, 0.1) is 6.10 Å². The van der Waals surface area contributed by atoms with Gasteiger partial charge in [0.1, 0.15) is 0 Å². The Labute approximate surface area is 133 Å². The molecule has 0 aromatic heterocycles. The van der Waals surface area contributed by atoms with E-state index in [0.29, 0.717) is 12.6 Å². The van der Waals surface area contributed by atoms with Gasteiger partial charge in [-0.25, -0.2) is 4.79 Å². The van der Waals surface area contributed by atoms with E-state index in [1.54, 1.807) is 4.90 Å². The van der Waals surface area contributed by atoms with Crippen molar-refractivity contribution in [1.82, 2.24) is 20.0 Å². The maximum Gasteiger partial charge on any atom is 0.317 e. The number of aliphatic hydroxyl groups is 1. The number of piperazine rings is 3. The van der Waals surface area contributed by atoms with Gasteiger partial charge in [-0.05, 0) is 12.8 Å². The van der Waals surface area contributed by atoms with Crippen LogP contribution in [0.3, 0.4) is 0 Å². The van der Waals surface area contributed by atoms with Crippen LogP contribution in [0.4, 0.5) is 4.79 Å². The number of aliphatic hydroxyl groups excluding tert-OH is 1. The van der Waals surface area contributed by atoms with Crippen molar-refractivity contribution in [2.45, 2.75) is 37.8 Å². The van der Waals surface area contributed by atoms with Gasteiger partial charge < -0.3 is 15.3 Å². The van der Waals surface area contributed by atoms with Crippen LogP contribution >= 0.6 is 0 Å². The predicted octanol–water partition coefficient (Wildman–Crippen LogP) is 0.179. The van der Waals surface area contributed by atoms with Crippen LogP contribution in [0.5, 0.6) is 0 Å². The van der Waals surface area contributed by atoms with Crippen LogP contribution in [0, 0.1) is 5.92 Å². The summed E-state index contributed by atoms with van der Waals surface area (Å²) in [6.07, 6.45) is 3.96. The lowest BCUT2D eigenvalue weighted by molar-refractivity contribution is 0.0140. The molecule has 4 aliphatic rings. The highest BCUT2D eigenvalue weighted by molar-refractivity contribution is 5.73. The van der Waals surface area contributed by atoms with Gasteiger partial charge in [-0.1, -0.05) is 12.8 Å². The zero-order valence-electron chi connectivity index (χ0n) is 13.7. The summed E-state index contributed by atoms with van der Waals surface area (Å²) in [5, 5.41) is 13.1. The van der Waals surface area contributed by atoms with Gasteiger partial charge in [-0.3, -0.25) is 9.80 Å². The number of nitrogens with zero attached hydrogens (tertiary/aromatic N) is 3. The number of carbonyl (C=O) groups is 1. The molecule has 4 fully saturated rings. The highest BCUT2D eigenvalue weighted by Crippen LogP contribution is 2.24. The number of fused-ring (bicyclic) bond motifs is 3. The molecule has 6 heteroatoms. The van der Waals surface area contributed by atoms with Crippen molar-refractivity contribution in [3.05, 3.63) is 0 Å². The molecule has 22 heavy (non-hydrogen) atoms. The standard InChI is InChI=1S/C16H30N4O2/c1-18(11-13-4-2-3-5-15(13)21)16(22)17-10-14-12-19-6-8-20(14)9-7-19/h13-15,21H,2-12H2,1H3,(H,17,22)/t13-,14+,15-/m0/s1. The highest BCUT2D eigenvalue weighted by Gasteiger charge is 2.32. The third kappa shape index (κ3) is 3.73. The van der Waals surface area contributed by atoms with Crippen molar-refractivity contribution in [2.75, 3.05) is 52.9 Å². The van der Waals surface area contributed by atoms with Crippen LogP contribution in [0.2, 0.25) is 0 Å². The highest BCUT2D eigenvalue weighted by atomic mass is 16.3. The summed E-state index contributed by atoms with van der Waals surface area (Å²) in [5.41, 5.74) is 0. The molecule has 3 heterocycles. The molecule has 3 saturated heterocycles. The van der Waals surface area contributed by atoms with E-state index in [0.717, 1.165) is 45.4 Å². The summed E-state index contributed by atoms with van der Waals surface area (Å²) in [6.45, 7) is 7.06. The second kappa shape index (κ2) is 7.15. The molecular weight excluding hydrogens is 280 g/mol. The smallest absolute Gasteiger partial charge is 0.317 e. The van der Waals surface area contributed by atoms with E-state index in [9.17, 15) is 9.90 Å². The summed E-state index contributed by atoms with van der Waals surface area (Å²) in [7, 11) is 1.84. The van der Waals surface area contributed by atoms with Gasteiger partial charge in [0.25, 0.3) is 0 Å². The van der Waals surface area contributed by atoms with E-state index >= 15 is 0 Å². The van der Waals surface area contributed by atoms with Crippen molar-refractivity contribution in [1.29, 1.82) is 0 Å². The Balaban J connectivity index is 1.41. The predicted molar refractivity (Wildman–Crippen MR) is 85.8 cm³/mol. The molecule has 1 aliphatic carbocycles. The molecule has 3 atom stereocenters. The number of hydrogen-bond donors (Lipinski definition) is 2. The summed E-state index contributed by atoms with van der Waals surface area (Å²) in [5.74, 6) is 0.241. The van der Waals surface area contributed by atoms with Gasteiger partial charge in [0.15, 0.2) is 0 Å². The van der Waals surface area contributed by atoms with Crippen LogP contribution in [0.15, 0.2) is 0 Å². The average molecular weight is 310 g/mol. The summed E-state index contributed by atoms with van der Waals surface area (Å²) in [4.78, 5) is 19.0. The normalized spacial score (nSPS) is 37.8. The lowest BCUT2D eigenvalue weighted by Crippen LogP contribution is -2.63. The largest absolute Gasteiger partial charge is 0.393 e. The van der Waals surface area contributed by atoms with Crippen molar-refractivity contribution < 1.29 is 9.90 Å². The lowest BCUT2D eigenvalue weighted by atomic mass is 9.86. The summed E-state index contributed by atoms with van der Waals surface area (Å²) >= 11 is 0. The third-order valence-corrected chi connectivity index (χ3v) is 5.61. The minimum Gasteiger partial charge on any atom is -0.393 e. The second-order valence-corrected chi connectivity index (χ2v) is 7.17. The summed E-state index contributed by atoms with van der Waals surface area (Å²) < 4.78 is 0. The van der Waals surface area contributed by atoms with Crippen LogP contribution in [-0.2, 0) is 0 Å². The molecule has 4 rings (SSSR count). The number of hydrogen-bond acceptors (Lipinski definition) is 4. The topological polar surface area (TPSA) is 59.1 Å².